The predicted octanol–water partition coefficient (Wildman–Crippen LogP) is -4.33. The molecule has 1 heterocycles. The summed E-state index contributed by atoms with van der Waals surface area (Å²) in [6.07, 6.45) is 6.10. The molecule has 1 rings (SSSR count). The number of aromatic nitrogens is 2. The Bertz CT molecular complexity index is 1270. The fourth-order valence-electron chi connectivity index (χ4n) is 4.88. The lowest BCUT2D eigenvalue weighted by molar-refractivity contribution is -0.142. The second-order valence-electron chi connectivity index (χ2n) is 11.9. The number of carboxylic acid groups (broad SMARTS) is 1. The lowest BCUT2D eigenvalue weighted by Crippen LogP contribution is -2.58. The van der Waals surface area contributed by atoms with Crippen molar-refractivity contribution in [3.8, 4) is 0 Å². The monoisotopic (exact) mass is 723 g/mol. The van der Waals surface area contributed by atoms with Crippen LogP contribution >= 0.6 is 0 Å². The quantitative estimate of drug-likeness (QED) is 0.0232. The van der Waals surface area contributed by atoms with E-state index in [0.29, 0.717) is 50.9 Å². The molecule has 0 aliphatic heterocycles. The maximum Gasteiger partial charge on any atom is 0.326 e. The second kappa shape index (κ2) is 25.0. The topological polar surface area (TPSA) is 389 Å². The number of aliphatic imine (C=N–C) groups is 2. The number of unbranched alkanes of at least 4 members (excludes halogenated alkanes) is 2. The van der Waals surface area contributed by atoms with Crippen molar-refractivity contribution in [1.82, 2.24) is 31.2 Å². The number of carbonyl (C=O) groups is 5. The van der Waals surface area contributed by atoms with E-state index >= 15 is 0 Å². The van der Waals surface area contributed by atoms with Gasteiger partial charge < -0.3 is 71.5 Å². The summed E-state index contributed by atoms with van der Waals surface area (Å²) in [4.78, 5) is 80.2. The molecule has 0 aromatic carbocycles. The Morgan fingerprint density at radius 2 is 1.08 bits per heavy atom. The van der Waals surface area contributed by atoms with Crippen molar-refractivity contribution in [2.75, 3.05) is 26.2 Å². The number of H-pyrrole nitrogens is 1. The van der Waals surface area contributed by atoms with Gasteiger partial charge >= 0.3 is 5.97 Å². The van der Waals surface area contributed by atoms with Crippen LogP contribution in [0.1, 0.15) is 69.9 Å². The molecule has 0 saturated heterocycles. The first-order chi connectivity index (χ1) is 24.3. The van der Waals surface area contributed by atoms with E-state index in [1.165, 1.54) is 12.5 Å². The van der Waals surface area contributed by atoms with Crippen LogP contribution in [0, 0.1) is 0 Å². The van der Waals surface area contributed by atoms with Gasteiger partial charge in [0.2, 0.25) is 23.6 Å². The first-order valence-electron chi connectivity index (χ1n) is 17.0. The largest absolute Gasteiger partial charge is 0.480 e. The lowest BCUT2D eigenvalue weighted by atomic mass is 10.0. The number of hydrogen-bond acceptors (Lipinski definition) is 11. The van der Waals surface area contributed by atoms with Crippen LogP contribution in [-0.2, 0) is 30.4 Å². The van der Waals surface area contributed by atoms with Crippen molar-refractivity contribution in [3.05, 3.63) is 18.2 Å². The summed E-state index contributed by atoms with van der Waals surface area (Å²) < 4.78 is 0. The third-order valence-electron chi connectivity index (χ3n) is 7.63. The highest BCUT2D eigenvalue weighted by Crippen LogP contribution is 2.09. The number of aromatic amines is 1. The average molecular weight is 724 g/mol. The van der Waals surface area contributed by atoms with Gasteiger partial charge in [-0.1, -0.05) is 0 Å². The zero-order valence-electron chi connectivity index (χ0n) is 29.0. The molecule has 5 atom stereocenters. The van der Waals surface area contributed by atoms with E-state index in [-0.39, 0.29) is 63.5 Å². The summed E-state index contributed by atoms with van der Waals surface area (Å²) in [5.74, 6) is -4.25. The first kappa shape index (κ1) is 44.0. The van der Waals surface area contributed by atoms with Gasteiger partial charge in [0.15, 0.2) is 11.9 Å². The van der Waals surface area contributed by atoms with Crippen molar-refractivity contribution in [3.63, 3.8) is 0 Å². The summed E-state index contributed by atoms with van der Waals surface area (Å²) in [7, 11) is 0. The second-order valence-corrected chi connectivity index (χ2v) is 11.9. The molecule has 1 aromatic rings. The van der Waals surface area contributed by atoms with Crippen LogP contribution < -0.4 is 61.4 Å². The molecule has 0 spiro atoms. The molecule has 0 bridgehead atoms. The van der Waals surface area contributed by atoms with Gasteiger partial charge in [-0.3, -0.25) is 29.2 Å². The smallest absolute Gasteiger partial charge is 0.326 e. The Morgan fingerprint density at radius 3 is 1.47 bits per heavy atom. The molecule has 20 N–H and O–H groups in total. The van der Waals surface area contributed by atoms with Crippen molar-refractivity contribution < 1.29 is 29.1 Å². The number of guanidine groups is 2. The maximum absolute atomic E-state index is 13.7. The minimum atomic E-state index is -1.27. The highest BCUT2D eigenvalue weighted by atomic mass is 16.4. The van der Waals surface area contributed by atoms with Crippen LogP contribution in [0.3, 0.4) is 0 Å². The molecule has 288 valence electrons. The van der Waals surface area contributed by atoms with Gasteiger partial charge in [-0.15, -0.1) is 0 Å². The Labute approximate surface area is 297 Å². The number of imidazole rings is 1. The van der Waals surface area contributed by atoms with E-state index in [2.05, 4.69) is 41.2 Å². The van der Waals surface area contributed by atoms with Gasteiger partial charge in [0.05, 0.1) is 12.4 Å². The fourth-order valence-corrected chi connectivity index (χ4v) is 4.88. The molecule has 21 heteroatoms. The number of nitrogens with one attached hydrogen (secondary N) is 5. The van der Waals surface area contributed by atoms with Crippen LogP contribution in [0.15, 0.2) is 22.5 Å². The average Bonchev–Trinajstić information content (AvgIpc) is 3.59. The highest BCUT2D eigenvalue weighted by molar-refractivity contribution is 5.95. The van der Waals surface area contributed by atoms with E-state index in [4.69, 9.17) is 40.1 Å². The van der Waals surface area contributed by atoms with Gasteiger partial charge in [0.25, 0.3) is 0 Å². The van der Waals surface area contributed by atoms with E-state index in [1.54, 1.807) is 0 Å². The first-order valence-corrected chi connectivity index (χ1v) is 17.0. The molecule has 1 aromatic heterocycles. The van der Waals surface area contributed by atoms with Crippen molar-refractivity contribution in [1.29, 1.82) is 0 Å². The van der Waals surface area contributed by atoms with E-state index < -0.39 is 59.8 Å². The van der Waals surface area contributed by atoms with Crippen LogP contribution in [0.4, 0.5) is 0 Å². The summed E-state index contributed by atoms with van der Waals surface area (Å²) in [6.45, 7) is 1.01. The summed E-state index contributed by atoms with van der Waals surface area (Å²) >= 11 is 0. The van der Waals surface area contributed by atoms with Crippen molar-refractivity contribution in [2.45, 2.75) is 101 Å². The number of rotatable bonds is 27. The molecule has 0 aliphatic carbocycles. The number of nitrogens with zero attached hydrogens (tertiary/aromatic N) is 3. The Kier molecular flexibility index (Phi) is 21.6. The van der Waals surface area contributed by atoms with Crippen LogP contribution in [0.25, 0.3) is 0 Å². The molecule has 0 aliphatic rings. The van der Waals surface area contributed by atoms with Crippen LogP contribution in [-0.4, -0.2) is 113 Å². The van der Waals surface area contributed by atoms with Crippen LogP contribution in [0.2, 0.25) is 0 Å². The Morgan fingerprint density at radius 1 is 0.667 bits per heavy atom. The number of nitrogens with two attached hydrogens (primary N) is 7. The number of aliphatic carboxylic acids is 1. The predicted molar refractivity (Wildman–Crippen MR) is 191 cm³/mol. The third-order valence-corrected chi connectivity index (χ3v) is 7.63. The minimum Gasteiger partial charge on any atom is -0.480 e. The van der Waals surface area contributed by atoms with E-state index in [1.807, 2.05) is 0 Å². The lowest BCUT2D eigenvalue weighted by Gasteiger charge is -2.26. The maximum atomic E-state index is 13.7. The molecule has 51 heavy (non-hydrogen) atoms. The molecular formula is C30H57N15O6. The van der Waals surface area contributed by atoms with Gasteiger partial charge in [-0.2, -0.15) is 0 Å². The Hall–Kier alpha value is -5.02. The Balaban J connectivity index is 3.17. The molecule has 0 saturated carbocycles. The van der Waals surface area contributed by atoms with Crippen molar-refractivity contribution >= 4 is 41.5 Å². The van der Waals surface area contributed by atoms with E-state index in [9.17, 15) is 29.1 Å². The SMILES string of the molecule is NCCCC[C@H](NC(=O)[C@H](CCCCN)NC(=O)[C@H](CCCN=C(N)N)NC(=O)[C@@H](N)Cc1cnc[nH]1)C(=O)N[C@@H](CCCN=C(N)N)C(=O)O. The number of carbonyl (C=O) groups excluding carboxylic acids is 4. The molecular weight excluding hydrogens is 666 g/mol. The molecule has 4 amide bonds. The summed E-state index contributed by atoms with van der Waals surface area (Å²) in [5.41, 5.74) is 39.5. The molecule has 0 radical (unpaired) electrons. The van der Waals surface area contributed by atoms with Crippen LogP contribution in [0.5, 0.6) is 0 Å². The molecule has 21 nitrogen and oxygen atoms in total. The van der Waals surface area contributed by atoms with Gasteiger partial charge in [0.1, 0.15) is 24.2 Å². The zero-order valence-corrected chi connectivity index (χ0v) is 29.0. The van der Waals surface area contributed by atoms with Gasteiger partial charge in [-0.25, -0.2) is 9.78 Å². The summed E-state index contributed by atoms with van der Waals surface area (Å²) in [6, 6.07) is -5.70. The van der Waals surface area contributed by atoms with Crippen molar-refractivity contribution in [2.24, 2.45) is 50.1 Å². The molecule has 0 unspecified atom stereocenters. The highest BCUT2D eigenvalue weighted by Gasteiger charge is 2.31. The number of carboxylic acids is 1. The fraction of sp³-hybridized carbons (Fsp3) is 0.667. The molecule has 0 fully saturated rings. The standard InChI is InChI=1S/C30H57N15O6/c31-11-3-1-7-20(25(47)44-21(8-2-4-12-32)27(49)45-23(28(50)51)10-6-14-40-30(36)37)43-26(48)22(9-5-13-39-29(34)35)42-24(46)19(33)15-18-16-38-17-41-18/h16-17,19-23H,1-15,31-33H2,(H,38,41)(H,42,46)(H,43,48)(H,44,47)(H,45,49)(H,50,51)(H4,34,35,39)(H4,36,37,40)/t19-,20-,21-,22-,23-/m0/s1. The normalized spacial score (nSPS) is 13.8. The van der Waals surface area contributed by atoms with Gasteiger partial charge in [0, 0.05) is 31.4 Å². The van der Waals surface area contributed by atoms with Gasteiger partial charge in [-0.05, 0) is 77.3 Å². The number of amides is 4. The zero-order chi connectivity index (χ0) is 38.2. The minimum absolute atomic E-state index is 0.0287. The van der Waals surface area contributed by atoms with E-state index in [0.717, 1.165) is 0 Å². The summed E-state index contributed by atoms with van der Waals surface area (Å²) in [5, 5.41) is 20.2. The number of hydrogen-bond donors (Lipinski definition) is 13. The third kappa shape index (κ3) is 19.1.